The molecule has 1 aliphatic heterocycles. The fourth-order valence-electron chi connectivity index (χ4n) is 5.58. The van der Waals surface area contributed by atoms with E-state index in [1.165, 1.54) is 0 Å². The molecule has 0 saturated heterocycles. The summed E-state index contributed by atoms with van der Waals surface area (Å²) in [5, 5.41) is 3.55. The number of carbonyl (C=O) groups is 2. The highest BCUT2D eigenvalue weighted by atomic mass is 16.5. The first kappa shape index (κ1) is 25.6. The number of ether oxygens (including phenoxy) is 2. The highest BCUT2D eigenvalue weighted by molar-refractivity contribution is 6.06. The van der Waals surface area contributed by atoms with E-state index in [9.17, 15) is 9.59 Å². The Kier molecular flexibility index (Phi) is 7.54. The molecule has 1 amide bonds. The third-order valence-electron chi connectivity index (χ3n) is 7.42. The lowest BCUT2D eigenvalue weighted by Crippen LogP contribution is -2.38. The van der Waals surface area contributed by atoms with Gasteiger partial charge >= 0.3 is 0 Å². The van der Waals surface area contributed by atoms with Crippen molar-refractivity contribution in [3.05, 3.63) is 83.5 Å². The first-order valence-electron chi connectivity index (χ1n) is 13.2. The molecule has 0 saturated carbocycles. The SMILES string of the molecule is CCCCCC(=O)N1c2ccccc2NC2=C(C(=O)C[C@H](c3ccco3)C2)[C@@H]1c1ccc(OC)c(OC)c1. The number of hydrogen-bond donors (Lipinski definition) is 1. The Labute approximate surface area is 223 Å². The second-order valence-electron chi connectivity index (χ2n) is 9.82. The Hall–Kier alpha value is -4.00. The van der Waals surface area contributed by atoms with E-state index in [-0.39, 0.29) is 17.6 Å². The van der Waals surface area contributed by atoms with Gasteiger partial charge < -0.3 is 19.2 Å². The Morgan fingerprint density at radius 3 is 2.58 bits per heavy atom. The van der Waals surface area contributed by atoms with E-state index in [4.69, 9.17) is 13.9 Å². The number of nitrogens with zero attached hydrogens (tertiary/aromatic N) is 1. The van der Waals surface area contributed by atoms with E-state index >= 15 is 0 Å². The average Bonchev–Trinajstić information content (AvgIpc) is 3.43. The van der Waals surface area contributed by atoms with Crippen LogP contribution in [0.5, 0.6) is 11.5 Å². The summed E-state index contributed by atoms with van der Waals surface area (Å²) in [6, 6.07) is 16.6. The molecule has 1 N–H and O–H groups in total. The number of ketones is 1. The lowest BCUT2D eigenvalue weighted by atomic mass is 9.80. The van der Waals surface area contributed by atoms with Crippen molar-refractivity contribution in [1.29, 1.82) is 0 Å². The summed E-state index contributed by atoms with van der Waals surface area (Å²) in [4.78, 5) is 29.8. The minimum atomic E-state index is -0.611. The van der Waals surface area contributed by atoms with Gasteiger partial charge in [0, 0.05) is 30.0 Å². The molecule has 2 aromatic carbocycles. The number of rotatable bonds is 8. The molecule has 0 fully saturated rings. The summed E-state index contributed by atoms with van der Waals surface area (Å²) < 4.78 is 16.8. The van der Waals surface area contributed by atoms with Gasteiger partial charge in [-0.25, -0.2) is 0 Å². The number of carbonyl (C=O) groups excluding carboxylic acids is 2. The summed E-state index contributed by atoms with van der Waals surface area (Å²) in [7, 11) is 3.18. The molecule has 7 heteroatoms. The van der Waals surface area contributed by atoms with E-state index in [0.717, 1.165) is 47.7 Å². The van der Waals surface area contributed by atoms with E-state index < -0.39 is 6.04 Å². The largest absolute Gasteiger partial charge is 0.493 e. The van der Waals surface area contributed by atoms with E-state index in [1.54, 1.807) is 20.5 Å². The van der Waals surface area contributed by atoms with Gasteiger partial charge in [0.15, 0.2) is 17.3 Å². The molecule has 38 heavy (non-hydrogen) atoms. The molecular formula is C31H34N2O5. The van der Waals surface area contributed by atoms with Crippen molar-refractivity contribution in [2.45, 2.75) is 57.4 Å². The molecular weight excluding hydrogens is 480 g/mol. The van der Waals surface area contributed by atoms with Crippen molar-refractivity contribution in [3.8, 4) is 11.5 Å². The number of allylic oxidation sites excluding steroid dienone is 1. The van der Waals surface area contributed by atoms with Crippen LogP contribution in [0.3, 0.4) is 0 Å². The number of nitrogens with one attached hydrogen (secondary N) is 1. The number of benzene rings is 2. The minimum absolute atomic E-state index is 0.000834. The summed E-state index contributed by atoms with van der Waals surface area (Å²) >= 11 is 0. The predicted molar refractivity (Wildman–Crippen MR) is 147 cm³/mol. The Balaban J connectivity index is 1.70. The number of hydrogen-bond acceptors (Lipinski definition) is 6. The van der Waals surface area contributed by atoms with E-state index in [2.05, 4.69) is 12.2 Å². The van der Waals surface area contributed by atoms with Crippen molar-refractivity contribution in [2.24, 2.45) is 0 Å². The number of unbranched alkanes of at least 4 members (excludes halogenated alkanes) is 2. The topological polar surface area (TPSA) is 81.0 Å². The van der Waals surface area contributed by atoms with Crippen LogP contribution < -0.4 is 19.7 Å². The zero-order chi connectivity index (χ0) is 26.6. The van der Waals surface area contributed by atoms with Crippen LogP contribution in [-0.2, 0) is 9.59 Å². The highest BCUT2D eigenvalue weighted by Gasteiger charge is 2.42. The van der Waals surface area contributed by atoms with Crippen LogP contribution in [0, 0.1) is 0 Å². The molecule has 1 aliphatic carbocycles. The van der Waals surface area contributed by atoms with Crippen LogP contribution in [-0.4, -0.2) is 25.9 Å². The molecule has 7 nitrogen and oxygen atoms in total. The summed E-state index contributed by atoms with van der Waals surface area (Å²) in [6.07, 6.45) is 5.74. The molecule has 198 valence electrons. The normalized spacial score (nSPS) is 18.8. The molecule has 0 radical (unpaired) electrons. The molecule has 2 aliphatic rings. The third-order valence-corrected chi connectivity index (χ3v) is 7.42. The van der Waals surface area contributed by atoms with Crippen molar-refractivity contribution < 1.29 is 23.5 Å². The number of fused-ring (bicyclic) bond motifs is 1. The van der Waals surface area contributed by atoms with Crippen molar-refractivity contribution in [1.82, 2.24) is 0 Å². The number of Topliss-reactive ketones (excluding diaryl/α,β-unsaturated/α-hetero) is 1. The summed E-state index contributed by atoms with van der Waals surface area (Å²) in [5.41, 5.74) is 3.78. The Bertz CT molecular complexity index is 1340. The standard InChI is InChI=1S/C31H34N2O5/c1-4-5-6-13-29(35)33-24-11-8-7-10-22(24)32-23-17-21(26-12-9-16-38-26)18-25(34)30(23)31(33)20-14-15-27(36-2)28(19-20)37-3/h7-12,14-16,19,21,31-32H,4-6,13,17-18H2,1-3H3/t21-,31+/m1/s1. The van der Waals surface area contributed by atoms with E-state index in [1.807, 2.05) is 59.5 Å². The van der Waals surface area contributed by atoms with E-state index in [0.29, 0.717) is 36.3 Å². The van der Waals surface area contributed by atoms with Gasteiger partial charge in [-0.2, -0.15) is 0 Å². The van der Waals surface area contributed by atoms with Crippen LogP contribution in [0.15, 0.2) is 76.5 Å². The highest BCUT2D eigenvalue weighted by Crippen LogP contribution is 2.48. The van der Waals surface area contributed by atoms with Crippen LogP contribution in [0.1, 0.15) is 68.7 Å². The summed E-state index contributed by atoms with van der Waals surface area (Å²) in [5.74, 6) is 1.84. The predicted octanol–water partition coefficient (Wildman–Crippen LogP) is 6.78. The number of anilines is 2. The van der Waals surface area contributed by atoms with Gasteiger partial charge in [-0.15, -0.1) is 0 Å². The van der Waals surface area contributed by atoms with Crippen LogP contribution in [0.4, 0.5) is 11.4 Å². The van der Waals surface area contributed by atoms with Crippen LogP contribution in [0.2, 0.25) is 0 Å². The van der Waals surface area contributed by atoms with Gasteiger partial charge in [-0.05, 0) is 54.8 Å². The maximum absolute atomic E-state index is 14.0. The molecule has 0 bridgehead atoms. The van der Waals surface area contributed by atoms with Gasteiger partial charge in [0.1, 0.15) is 5.76 Å². The van der Waals surface area contributed by atoms with Gasteiger partial charge in [0.05, 0.1) is 37.9 Å². The van der Waals surface area contributed by atoms with Gasteiger partial charge in [-0.3, -0.25) is 14.5 Å². The fraction of sp³-hybridized carbons (Fsp3) is 0.355. The zero-order valence-electron chi connectivity index (χ0n) is 22.2. The molecule has 0 spiro atoms. The third kappa shape index (κ3) is 4.80. The van der Waals surface area contributed by atoms with Crippen LogP contribution in [0.25, 0.3) is 0 Å². The number of para-hydroxylation sites is 2. The van der Waals surface area contributed by atoms with Crippen molar-refractivity contribution >= 4 is 23.1 Å². The maximum Gasteiger partial charge on any atom is 0.227 e. The molecule has 0 unspecified atom stereocenters. The maximum atomic E-state index is 14.0. The minimum Gasteiger partial charge on any atom is -0.493 e. The Morgan fingerprint density at radius 2 is 1.84 bits per heavy atom. The number of furan rings is 1. The lowest BCUT2D eigenvalue weighted by molar-refractivity contribution is -0.119. The summed E-state index contributed by atoms with van der Waals surface area (Å²) in [6.45, 7) is 2.12. The van der Waals surface area contributed by atoms with Crippen LogP contribution >= 0.6 is 0 Å². The lowest BCUT2D eigenvalue weighted by Gasteiger charge is -2.35. The molecule has 3 aromatic rings. The van der Waals surface area contributed by atoms with Crippen molar-refractivity contribution in [2.75, 3.05) is 24.4 Å². The average molecular weight is 515 g/mol. The Morgan fingerprint density at radius 1 is 1.03 bits per heavy atom. The quantitative estimate of drug-likeness (QED) is 0.334. The number of amides is 1. The molecule has 1 aromatic heterocycles. The number of methoxy groups -OCH3 is 2. The van der Waals surface area contributed by atoms with Gasteiger partial charge in [0.2, 0.25) is 5.91 Å². The smallest absolute Gasteiger partial charge is 0.227 e. The molecule has 5 rings (SSSR count). The fourth-order valence-corrected chi connectivity index (χ4v) is 5.58. The second-order valence-corrected chi connectivity index (χ2v) is 9.82. The van der Waals surface area contributed by atoms with Gasteiger partial charge in [0.25, 0.3) is 0 Å². The second kappa shape index (κ2) is 11.2. The van der Waals surface area contributed by atoms with Gasteiger partial charge in [-0.1, -0.05) is 38.0 Å². The first-order chi connectivity index (χ1) is 18.5. The molecule has 2 heterocycles. The zero-order valence-corrected chi connectivity index (χ0v) is 22.2. The monoisotopic (exact) mass is 514 g/mol. The first-order valence-corrected chi connectivity index (χ1v) is 13.2. The molecule has 2 atom stereocenters. The van der Waals surface area contributed by atoms with Crippen molar-refractivity contribution in [3.63, 3.8) is 0 Å².